The van der Waals surface area contributed by atoms with Crippen molar-refractivity contribution in [1.82, 2.24) is 4.90 Å². The van der Waals surface area contributed by atoms with E-state index in [2.05, 4.69) is 6.58 Å². The molecule has 0 aromatic heterocycles. The summed E-state index contributed by atoms with van der Waals surface area (Å²) in [6.07, 6.45) is 1.59. The molecular formula is C17H18N2O4S. The maximum atomic E-state index is 12.5. The molecule has 0 radical (unpaired) electrons. The molecule has 3 rings (SSSR count). The predicted octanol–water partition coefficient (Wildman–Crippen LogP) is 1.42. The van der Waals surface area contributed by atoms with Crippen LogP contribution in [0.2, 0.25) is 0 Å². The Morgan fingerprint density at radius 2 is 2.17 bits per heavy atom. The highest BCUT2D eigenvalue weighted by Gasteiger charge is 2.51. The van der Waals surface area contributed by atoms with Crippen molar-refractivity contribution < 1.29 is 19.1 Å². The quantitative estimate of drug-likeness (QED) is 0.641. The highest BCUT2D eigenvalue weighted by Crippen LogP contribution is 2.40. The summed E-state index contributed by atoms with van der Waals surface area (Å²) in [6, 6.07) is 6.66. The number of hydrogen-bond donors (Lipinski definition) is 1. The van der Waals surface area contributed by atoms with Crippen molar-refractivity contribution in [3.8, 4) is 5.75 Å². The van der Waals surface area contributed by atoms with Gasteiger partial charge in [0, 0.05) is 5.75 Å². The normalized spacial score (nSPS) is 22.6. The smallest absolute Gasteiger partial charge is 0.355 e. The molecule has 2 aliphatic heterocycles. The molecule has 1 amide bonds. The Morgan fingerprint density at radius 3 is 2.79 bits per heavy atom. The summed E-state index contributed by atoms with van der Waals surface area (Å²) in [5, 5.41) is -0.204. The van der Waals surface area contributed by atoms with E-state index in [4.69, 9.17) is 15.2 Å². The highest BCUT2D eigenvalue weighted by atomic mass is 32.2. The van der Waals surface area contributed by atoms with Crippen LogP contribution in [-0.4, -0.2) is 41.1 Å². The van der Waals surface area contributed by atoms with Crippen molar-refractivity contribution in [3.63, 3.8) is 0 Å². The minimum atomic E-state index is -0.564. The summed E-state index contributed by atoms with van der Waals surface area (Å²) in [4.78, 5) is 25.9. The Balaban J connectivity index is 1.73. The Hall–Kier alpha value is -2.25. The van der Waals surface area contributed by atoms with E-state index in [1.54, 1.807) is 25.3 Å². The number of amides is 1. The SMILES string of the molecule is C=CC1=C(C(=O)OCc2ccc(OC)cc2)N2C(=O)C(N)[C@H]2SC1. The molecule has 0 spiro atoms. The Bertz CT molecular complexity index is 714. The third-order valence-corrected chi connectivity index (χ3v) is 5.33. The number of ether oxygens (including phenoxy) is 2. The minimum absolute atomic E-state index is 0.114. The number of rotatable bonds is 5. The second-order valence-corrected chi connectivity index (χ2v) is 6.54. The van der Waals surface area contributed by atoms with E-state index in [-0.39, 0.29) is 23.6 Å². The molecule has 2 aliphatic rings. The van der Waals surface area contributed by atoms with Crippen LogP contribution in [0.4, 0.5) is 0 Å². The molecule has 7 heteroatoms. The molecule has 1 aromatic carbocycles. The number of carbonyl (C=O) groups is 2. The van der Waals surface area contributed by atoms with Gasteiger partial charge in [0.15, 0.2) is 0 Å². The maximum absolute atomic E-state index is 12.5. The van der Waals surface area contributed by atoms with Gasteiger partial charge >= 0.3 is 5.97 Å². The van der Waals surface area contributed by atoms with Gasteiger partial charge < -0.3 is 15.2 Å². The molecule has 0 aliphatic carbocycles. The van der Waals surface area contributed by atoms with Gasteiger partial charge in [-0.3, -0.25) is 9.69 Å². The van der Waals surface area contributed by atoms with E-state index in [1.807, 2.05) is 12.1 Å². The summed E-state index contributed by atoms with van der Waals surface area (Å²) >= 11 is 1.53. The van der Waals surface area contributed by atoms with Gasteiger partial charge in [0.25, 0.3) is 0 Å². The molecule has 1 unspecified atom stereocenters. The first kappa shape index (κ1) is 16.6. The molecule has 2 atom stereocenters. The molecule has 0 bridgehead atoms. The van der Waals surface area contributed by atoms with Crippen LogP contribution in [0, 0.1) is 0 Å². The van der Waals surface area contributed by atoms with Gasteiger partial charge in [-0.05, 0) is 23.3 Å². The standard InChI is InChI=1S/C17H18N2O4S/c1-3-11-9-24-16-13(18)15(20)19(16)14(11)17(21)23-8-10-4-6-12(22-2)7-5-10/h3-7,13,16H,1,8-9,18H2,2H3/t13?,16-/m1/s1. The highest BCUT2D eigenvalue weighted by molar-refractivity contribution is 8.00. The van der Waals surface area contributed by atoms with Gasteiger partial charge in [0.2, 0.25) is 5.91 Å². The molecule has 2 heterocycles. The van der Waals surface area contributed by atoms with Crippen LogP contribution in [-0.2, 0) is 20.9 Å². The second kappa shape index (κ2) is 6.70. The molecule has 6 nitrogen and oxygen atoms in total. The molecule has 1 saturated heterocycles. The molecule has 0 saturated carbocycles. The summed E-state index contributed by atoms with van der Waals surface area (Å²) in [5.41, 5.74) is 7.57. The summed E-state index contributed by atoms with van der Waals surface area (Å²) < 4.78 is 10.5. The molecule has 1 fully saturated rings. The zero-order valence-corrected chi connectivity index (χ0v) is 14.0. The number of allylic oxidation sites excluding steroid dienone is 1. The number of hydrogen-bond acceptors (Lipinski definition) is 6. The van der Waals surface area contributed by atoms with Crippen molar-refractivity contribution in [2.75, 3.05) is 12.9 Å². The largest absolute Gasteiger partial charge is 0.497 e. The van der Waals surface area contributed by atoms with Crippen molar-refractivity contribution in [1.29, 1.82) is 0 Å². The monoisotopic (exact) mass is 346 g/mol. The first-order valence-corrected chi connectivity index (χ1v) is 8.47. The fourth-order valence-electron chi connectivity index (χ4n) is 2.62. The first-order valence-electron chi connectivity index (χ1n) is 7.42. The number of esters is 1. The third-order valence-electron chi connectivity index (χ3n) is 4.01. The van der Waals surface area contributed by atoms with E-state index in [0.29, 0.717) is 11.3 Å². The fraction of sp³-hybridized carbons (Fsp3) is 0.294. The number of carbonyl (C=O) groups excluding carboxylic acids is 2. The van der Waals surface area contributed by atoms with Crippen molar-refractivity contribution in [2.45, 2.75) is 18.0 Å². The Morgan fingerprint density at radius 1 is 1.46 bits per heavy atom. The number of nitrogens with two attached hydrogens (primary N) is 1. The zero-order chi connectivity index (χ0) is 17.3. The molecular weight excluding hydrogens is 328 g/mol. The molecule has 2 N–H and O–H groups in total. The second-order valence-electron chi connectivity index (χ2n) is 5.44. The van der Waals surface area contributed by atoms with Crippen LogP contribution in [0.5, 0.6) is 5.75 Å². The zero-order valence-electron chi connectivity index (χ0n) is 13.2. The van der Waals surface area contributed by atoms with E-state index < -0.39 is 12.0 Å². The van der Waals surface area contributed by atoms with Crippen LogP contribution >= 0.6 is 11.8 Å². The lowest BCUT2D eigenvalue weighted by Gasteiger charge is -2.48. The van der Waals surface area contributed by atoms with Gasteiger partial charge in [-0.15, -0.1) is 11.8 Å². The van der Waals surface area contributed by atoms with Crippen molar-refractivity contribution in [2.24, 2.45) is 5.73 Å². The van der Waals surface area contributed by atoms with Crippen LogP contribution < -0.4 is 10.5 Å². The van der Waals surface area contributed by atoms with Crippen molar-refractivity contribution >= 4 is 23.6 Å². The summed E-state index contributed by atoms with van der Waals surface area (Å²) in [7, 11) is 1.59. The van der Waals surface area contributed by atoms with Gasteiger partial charge in [0.05, 0.1) is 7.11 Å². The van der Waals surface area contributed by atoms with Crippen molar-refractivity contribution in [3.05, 3.63) is 53.8 Å². The van der Waals surface area contributed by atoms with Crippen LogP contribution in [0.3, 0.4) is 0 Å². The number of thioether (sulfide) groups is 1. The average Bonchev–Trinajstić information content (AvgIpc) is 2.64. The van der Waals surface area contributed by atoms with Gasteiger partial charge in [-0.25, -0.2) is 4.79 Å². The van der Waals surface area contributed by atoms with Gasteiger partial charge in [-0.1, -0.05) is 24.8 Å². The number of benzene rings is 1. The third kappa shape index (κ3) is 2.81. The molecule has 24 heavy (non-hydrogen) atoms. The number of methoxy groups -OCH3 is 1. The Kier molecular flexibility index (Phi) is 4.64. The lowest BCUT2D eigenvalue weighted by Crippen LogP contribution is -2.68. The fourth-order valence-corrected chi connectivity index (χ4v) is 3.91. The van der Waals surface area contributed by atoms with E-state index in [1.165, 1.54) is 16.7 Å². The minimum Gasteiger partial charge on any atom is -0.497 e. The number of β-lactam (4-membered cyclic amide) rings is 1. The maximum Gasteiger partial charge on any atom is 0.355 e. The van der Waals surface area contributed by atoms with E-state index in [9.17, 15) is 9.59 Å². The van der Waals surface area contributed by atoms with E-state index >= 15 is 0 Å². The van der Waals surface area contributed by atoms with Gasteiger partial charge in [-0.2, -0.15) is 0 Å². The van der Waals surface area contributed by atoms with Crippen LogP contribution in [0.1, 0.15) is 5.56 Å². The topological polar surface area (TPSA) is 81.9 Å². The first-order chi connectivity index (χ1) is 11.6. The molecule has 126 valence electrons. The Labute approximate surface area is 144 Å². The lowest BCUT2D eigenvalue weighted by atomic mass is 10.0. The van der Waals surface area contributed by atoms with Crippen LogP contribution in [0.15, 0.2) is 48.2 Å². The summed E-state index contributed by atoms with van der Waals surface area (Å²) in [5.74, 6) is 0.516. The predicted molar refractivity (Wildman–Crippen MR) is 91.1 cm³/mol. The number of fused-ring (bicyclic) bond motifs is 1. The van der Waals surface area contributed by atoms with E-state index in [0.717, 1.165) is 11.3 Å². The summed E-state index contributed by atoms with van der Waals surface area (Å²) in [6.45, 7) is 3.83. The number of nitrogens with zero attached hydrogens (tertiary/aromatic N) is 1. The molecule has 1 aromatic rings. The van der Waals surface area contributed by atoms with Crippen LogP contribution in [0.25, 0.3) is 0 Å². The average molecular weight is 346 g/mol. The lowest BCUT2D eigenvalue weighted by molar-refractivity contribution is -0.151. The van der Waals surface area contributed by atoms with Gasteiger partial charge in [0.1, 0.15) is 29.5 Å².